The van der Waals surface area contributed by atoms with Crippen molar-refractivity contribution in [2.24, 2.45) is 5.73 Å². The van der Waals surface area contributed by atoms with E-state index in [-0.39, 0.29) is 5.56 Å². The third-order valence-corrected chi connectivity index (χ3v) is 5.04. The lowest BCUT2D eigenvalue weighted by Gasteiger charge is -2.10. The van der Waals surface area contributed by atoms with Crippen LogP contribution < -0.4 is 11.1 Å². The quantitative estimate of drug-likeness (QED) is 0.700. The molecule has 0 aromatic heterocycles. The number of carbonyl (C=O) groups excluding carboxylic acids is 2. The highest BCUT2D eigenvalue weighted by molar-refractivity contribution is 6.28. The number of aryl methyl sites for hydroxylation is 1. The number of nitrogens with two attached hydrogens (primary N) is 1. The van der Waals surface area contributed by atoms with E-state index in [0.29, 0.717) is 17.7 Å². The predicted octanol–water partition coefficient (Wildman–Crippen LogP) is 4.34. The first-order valence-electron chi connectivity index (χ1n) is 9.23. The fourth-order valence-corrected chi connectivity index (χ4v) is 3.68. The molecule has 1 aliphatic rings. The van der Waals surface area contributed by atoms with Crippen molar-refractivity contribution >= 4 is 28.6 Å². The minimum atomic E-state index is -0.575. The van der Waals surface area contributed by atoms with Gasteiger partial charge < -0.3 is 11.1 Å². The SMILES string of the molecule is Cc1ccc(F)c(C(=O)Nc2cccc(C3=C(C(N)=O)c4ccccc4C3)c2)c1. The molecule has 29 heavy (non-hydrogen) atoms. The van der Waals surface area contributed by atoms with Crippen LogP contribution in [0.5, 0.6) is 0 Å². The predicted molar refractivity (Wildman–Crippen MR) is 112 cm³/mol. The fraction of sp³-hybridized carbons (Fsp3) is 0.0833. The normalized spacial score (nSPS) is 12.6. The Kier molecular flexibility index (Phi) is 4.72. The molecule has 0 bridgehead atoms. The Morgan fingerprint density at radius 3 is 2.59 bits per heavy atom. The Balaban J connectivity index is 1.68. The lowest BCUT2D eigenvalue weighted by Crippen LogP contribution is -2.14. The van der Waals surface area contributed by atoms with Gasteiger partial charge in [-0.25, -0.2) is 4.39 Å². The van der Waals surface area contributed by atoms with Crippen LogP contribution in [0.15, 0.2) is 66.7 Å². The van der Waals surface area contributed by atoms with Gasteiger partial charge in [0.05, 0.1) is 11.1 Å². The van der Waals surface area contributed by atoms with E-state index < -0.39 is 17.6 Å². The van der Waals surface area contributed by atoms with Gasteiger partial charge in [-0.15, -0.1) is 0 Å². The average Bonchev–Trinajstić information content (AvgIpc) is 3.10. The number of halogens is 1. The van der Waals surface area contributed by atoms with Crippen LogP contribution >= 0.6 is 0 Å². The molecule has 0 atom stereocenters. The third kappa shape index (κ3) is 3.55. The molecule has 0 heterocycles. The number of hydrogen-bond acceptors (Lipinski definition) is 2. The Morgan fingerprint density at radius 1 is 1.00 bits per heavy atom. The Bertz CT molecular complexity index is 1180. The molecule has 1 aliphatic carbocycles. The van der Waals surface area contributed by atoms with Crippen LogP contribution in [0, 0.1) is 12.7 Å². The minimum Gasteiger partial charge on any atom is -0.366 e. The maximum atomic E-state index is 14.0. The molecule has 5 heteroatoms. The molecule has 0 aliphatic heterocycles. The number of carbonyl (C=O) groups is 2. The second kappa shape index (κ2) is 7.36. The summed E-state index contributed by atoms with van der Waals surface area (Å²) in [6.45, 7) is 1.80. The number of nitrogens with one attached hydrogen (secondary N) is 1. The van der Waals surface area contributed by atoms with E-state index in [1.54, 1.807) is 31.2 Å². The highest BCUT2D eigenvalue weighted by Crippen LogP contribution is 2.38. The number of primary amides is 1. The molecule has 144 valence electrons. The van der Waals surface area contributed by atoms with Gasteiger partial charge in [0.1, 0.15) is 5.82 Å². The average molecular weight is 386 g/mol. The smallest absolute Gasteiger partial charge is 0.258 e. The number of allylic oxidation sites excluding steroid dienone is 1. The Labute approximate surface area is 167 Å². The lowest BCUT2D eigenvalue weighted by atomic mass is 9.99. The Morgan fingerprint density at radius 2 is 1.79 bits per heavy atom. The van der Waals surface area contributed by atoms with Crippen molar-refractivity contribution in [2.75, 3.05) is 5.32 Å². The van der Waals surface area contributed by atoms with E-state index in [9.17, 15) is 14.0 Å². The summed E-state index contributed by atoms with van der Waals surface area (Å²) < 4.78 is 14.0. The molecule has 2 amide bonds. The number of anilines is 1. The molecular weight excluding hydrogens is 367 g/mol. The lowest BCUT2D eigenvalue weighted by molar-refractivity contribution is -0.112. The molecule has 0 radical (unpaired) electrons. The van der Waals surface area contributed by atoms with Crippen LogP contribution in [0.4, 0.5) is 10.1 Å². The second-order valence-corrected chi connectivity index (χ2v) is 7.07. The first-order valence-corrected chi connectivity index (χ1v) is 9.23. The van der Waals surface area contributed by atoms with Gasteiger partial charge in [0.25, 0.3) is 5.91 Å². The van der Waals surface area contributed by atoms with Gasteiger partial charge in [-0.2, -0.15) is 0 Å². The molecule has 0 unspecified atom stereocenters. The van der Waals surface area contributed by atoms with Gasteiger partial charge in [0, 0.05) is 5.69 Å². The van der Waals surface area contributed by atoms with Gasteiger partial charge >= 0.3 is 0 Å². The molecule has 3 aromatic carbocycles. The summed E-state index contributed by atoms with van der Waals surface area (Å²) in [6.07, 6.45) is 0.582. The molecule has 0 saturated heterocycles. The van der Waals surface area contributed by atoms with E-state index in [1.807, 2.05) is 30.3 Å². The van der Waals surface area contributed by atoms with Crippen molar-refractivity contribution in [1.82, 2.24) is 0 Å². The van der Waals surface area contributed by atoms with Crippen LogP contribution in [0.25, 0.3) is 11.1 Å². The van der Waals surface area contributed by atoms with Gasteiger partial charge in [-0.05, 0) is 59.9 Å². The van der Waals surface area contributed by atoms with Gasteiger partial charge in [-0.3, -0.25) is 9.59 Å². The summed E-state index contributed by atoms with van der Waals surface area (Å²) in [6, 6.07) is 19.2. The summed E-state index contributed by atoms with van der Waals surface area (Å²) in [5.41, 5.74) is 10.9. The van der Waals surface area contributed by atoms with Gasteiger partial charge in [0.15, 0.2) is 0 Å². The summed E-state index contributed by atoms with van der Waals surface area (Å²) in [5.74, 6) is -1.59. The van der Waals surface area contributed by atoms with Crippen molar-refractivity contribution < 1.29 is 14.0 Å². The summed E-state index contributed by atoms with van der Waals surface area (Å²) in [4.78, 5) is 24.7. The topological polar surface area (TPSA) is 72.2 Å². The van der Waals surface area contributed by atoms with Crippen molar-refractivity contribution in [3.05, 3.63) is 100 Å². The van der Waals surface area contributed by atoms with E-state index in [4.69, 9.17) is 5.73 Å². The molecule has 0 spiro atoms. The highest BCUT2D eigenvalue weighted by Gasteiger charge is 2.26. The van der Waals surface area contributed by atoms with Crippen LogP contribution in [-0.4, -0.2) is 11.8 Å². The molecule has 3 N–H and O–H groups in total. The Hall–Kier alpha value is -3.73. The minimum absolute atomic E-state index is 0.0132. The van der Waals surface area contributed by atoms with Crippen molar-refractivity contribution in [1.29, 1.82) is 0 Å². The van der Waals surface area contributed by atoms with Crippen LogP contribution in [0.1, 0.15) is 32.6 Å². The number of amides is 2. The maximum absolute atomic E-state index is 14.0. The highest BCUT2D eigenvalue weighted by atomic mass is 19.1. The monoisotopic (exact) mass is 386 g/mol. The first-order chi connectivity index (χ1) is 13.9. The molecule has 0 fully saturated rings. The standard InChI is InChI=1S/C24H19FN2O2/c1-14-9-10-21(25)20(11-14)24(29)27-17-7-4-6-15(12-17)19-13-16-5-2-3-8-18(16)22(19)23(26)28/h2-12H,13H2,1H3,(H2,26,28)(H,27,29). The third-order valence-electron chi connectivity index (χ3n) is 5.04. The number of rotatable bonds is 4. The molecule has 0 saturated carbocycles. The summed E-state index contributed by atoms with van der Waals surface area (Å²) in [5, 5.41) is 2.74. The molecule has 3 aromatic rings. The zero-order chi connectivity index (χ0) is 20.5. The van der Waals surface area contributed by atoms with E-state index >= 15 is 0 Å². The van der Waals surface area contributed by atoms with E-state index in [1.165, 1.54) is 12.1 Å². The second-order valence-electron chi connectivity index (χ2n) is 7.07. The van der Waals surface area contributed by atoms with Crippen LogP contribution in [0.3, 0.4) is 0 Å². The fourth-order valence-electron chi connectivity index (χ4n) is 3.68. The number of hydrogen-bond donors (Lipinski definition) is 2. The molecular formula is C24H19FN2O2. The van der Waals surface area contributed by atoms with E-state index in [2.05, 4.69) is 5.32 Å². The first kappa shape index (κ1) is 18.6. The maximum Gasteiger partial charge on any atom is 0.258 e. The van der Waals surface area contributed by atoms with Gasteiger partial charge in [-0.1, -0.05) is 48.0 Å². The van der Waals surface area contributed by atoms with Gasteiger partial charge in [0.2, 0.25) is 5.91 Å². The van der Waals surface area contributed by atoms with Crippen molar-refractivity contribution in [2.45, 2.75) is 13.3 Å². The molecule has 4 nitrogen and oxygen atoms in total. The number of benzene rings is 3. The van der Waals surface area contributed by atoms with E-state index in [0.717, 1.165) is 27.8 Å². The van der Waals surface area contributed by atoms with Crippen LogP contribution in [0.2, 0.25) is 0 Å². The van der Waals surface area contributed by atoms with Crippen molar-refractivity contribution in [3.8, 4) is 0 Å². The summed E-state index contributed by atoms with van der Waals surface area (Å²) >= 11 is 0. The largest absolute Gasteiger partial charge is 0.366 e. The van der Waals surface area contributed by atoms with Crippen molar-refractivity contribution in [3.63, 3.8) is 0 Å². The van der Waals surface area contributed by atoms with Crippen LogP contribution in [-0.2, 0) is 11.2 Å². The summed E-state index contributed by atoms with van der Waals surface area (Å²) in [7, 11) is 0. The molecule has 4 rings (SSSR count). The number of fused-ring (bicyclic) bond motifs is 1. The zero-order valence-electron chi connectivity index (χ0n) is 15.8. The zero-order valence-corrected chi connectivity index (χ0v) is 15.8.